The Balaban J connectivity index is 1.18. The topological polar surface area (TPSA) is 79.0 Å². The highest BCUT2D eigenvalue weighted by Gasteiger charge is 2.73. The van der Waals surface area contributed by atoms with E-state index in [0.717, 1.165) is 41.4 Å². The van der Waals surface area contributed by atoms with Gasteiger partial charge in [0.1, 0.15) is 6.26 Å². The number of hydrogen-bond donors (Lipinski definition) is 2. The number of ketones is 1. The molecule has 5 aliphatic rings. The minimum absolute atomic E-state index is 0.174. The molecule has 2 N–H and O–H groups in total. The number of hydrogen-bond acceptors (Lipinski definition) is 5. The summed E-state index contributed by atoms with van der Waals surface area (Å²) >= 11 is 0. The van der Waals surface area contributed by atoms with Crippen LogP contribution in [-0.2, 0) is 4.79 Å². The normalized spacial score (nSPS) is 47.1. The van der Waals surface area contributed by atoms with E-state index in [9.17, 15) is 4.79 Å². The van der Waals surface area contributed by atoms with Gasteiger partial charge in [0.15, 0.2) is 5.78 Å². The van der Waals surface area contributed by atoms with Crippen LogP contribution in [0.4, 0.5) is 0 Å². The molecule has 0 bridgehead atoms. The maximum Gasteiger partial charge on any atom is 0.228 e. The largest absolute Gasteiger partial charge is 0.444 e. The summed E-state index contributed by atoms with van der Waals surface area (Å²) in [6, 6.07) is 0. The van der Waals surface area contributed by atoms with Crippen molar-refractivity contribution >= 4 is 17.6 Å². The Hall–Kier alpha value is -1.91. The number of allylic oxidation sites excluding steroid dienone is 1. The Morgan fingerprint density at radius 2 is 2.00 bits per heavy atom. The summed E-state index contributed by atoms with van der Waals surface area (Å²) < 4.78 is 5.31. The van der Waals surface area contributed by atoms with Crippen LogP contribution in [0, 0.1) is 70.0 Å². The molecule has 1 heterocycles. The third-order valence-electron chi connectivity index (χ3n) is 11.3. The van der Waals surface area contributed by atoms with Crippen molar-refractivity contribution in [1.29, 1.82) is 5.41 Å². The van der Waals surface area contributed by atoms with Gasteiger partial charge in [-0.25, -0.2) is 4.98 Å². The monoisotopic (exact) mass is 463 g/mol. The van der Waals surface area contributed by atoms with E-state index in [2.05, 4.69) is 31.1 Å². The molecule has 0 aliphatic heterocycles. The summed E-state index contributed by atoms with van der Waals surface area (Å²) in [4.78, 5) is 17.8. The predicted octanol–water partition coefficient (Wildman–Crippen LogP) is 5.83. The summed E-state index contributed by atoms with van der Waals surface area (Å²) in [5.74, 6) is 8.41. The molecule has 1 aromatic heterocycles. The highest BCUT2D eigenvalue weighted by Crippen LogP contribution is 2.76. The second-order valence-electron chi connectivity index (χ2n) is 12.7. The third kappa shape index (κ3) is 3.36. The van der Waals surface area contributed by atoms with Crippen molar-refractivity contribution in [2.24, 2.45) is 64.6 Å². The van der Waals surface area contributed by atoms with Crippen LogP contribution in [0.15, 0.2) is 23.1 Å². The number of fused-ring (bicyclic) bond motifs is 7. The second kappa shape index (κ2) is 8.34. The molecule has 0 spiro atoms. The van der Waals surface area contributed by atoms with E-state index in [4.69, 9.17) is 9.83 Å². The van der Waals surface area contributed by atoms with Crippen LogP contribution in [0.5, 0.6) is 0 Å². The molecule has 11 unspecified atom stereocenters. The van der Waals surface area contributed by atoms with Crippen molar-refractivity contribution < 1.29 is 9.21 Å². The van der Waals surface area contributed by atoms with E-state index in [1.165, 1.54) is 57.4 Å². The van der Waals surface area contributed by atoms with Gasteiger partial charge in [-0.1, -0.05) is 27.2 Å². The molecule has 5 aliphatic carbocycles. The molecule has 6 rings (SSSR count). The molecule has 0 amide bonds. The van der Waals surface area contributed by atoms with Gasteiger partial charge in [0, 0.05) is 18.3 Å². The van der Waals surface area contributed by atoms with Crippen LogP contribution >= 0.6 is 0 Å². The second-order valence-corrected chi connectivity index (χ2v) is 12.7. The van der Waals surface area contributed by atoms with Gasteiger partial charge in [0.05, 0.1) is 18.3 Å². The maximum atomic E-state index is 13.7. The van der Waals surface area contributed by atoms with Gasteiger partial charge in [-0.05, 0) is 97.2 Å². The molecule has 11 atom stereocenters. The molecule has 0 radical (unpaired) electrons. The van der Waals surface area contributed by atoms with Gasteiger partial charge in [-0.3, -0.25) is 4.79 Å². The highest BCUT2D eigenvalue weighted by molar-refractivity contribution is 6.06. The zero-order chi connectivity index (χ0) is 23.6. The van der Waals surface area contributed by atoms with Crippen molar-refractivity contribution in [3.63, 3.8) is 0 Å². The smallest absolute Gasteiger partial charge is 0.228 e. The molecule has 1 aromatic rings. The van der Waals surface area contributed by atoms with Gasteiger partial charge in [0.25, 0.3) is 0 Å². The average molecular weight is 464 g/mol. The number of carbonyl (C=O) groups excluding carboxylic acids is 1. The van der Waals surface area contributed by atoms with Crippen molar-refractivity contribution in [3.8, 4) is 0 Å². The number of oxazole rings is 1. The fourth-order valence-corrected chi connectivity index (χ4v) is 9.99. The number of Topliss-reactive ketones (excluding diaryl/α,β-unsaturated/α-hetero) is 1. The highest BCUT2D eigenvalue weighted by atomic mass is 16.3. The van der Waals surface area contributed by atoms with Gasteiger partial charge >= 0.3 is 0 Å². The molecule has 5 heteroatoms. The van der Waals surface area contributed by atoms with Crippen LogP contribution in [0.25, 0.3) is 5.57 Å². The zero-order valence-corrected chi connectivity index (χ0v) is 21.0. The molecule has 5 saturated carbocycles. The summed E-state index contributed by atoms with van der Waals surface area (Å²) in [6.45, 7) is 7.69. The van der Waals surface area contributed by atoms with E-state index in [-0.39, 0.29) is 11.3 Å². The summed E-state index contributed by atoms with van der Waals surface area (Å²) in [5, 5.41) is 10.9. The Kier molecular flexibility index (Phi) is 5.53. The van der Waals surface area contributed by atoms with Gasteiger partial charge in [0.2, 0.25) is 5.89 Å². The van der Waals surface area contributed by atoms with E-state index in [0.29, 0.717) is 35.6 Å². The van der Waals surface area contributed by atoms with Crippen LogP contribution in [0.2, 0.25) is 0 Å². The van der Waals surface area contributed by atoms with Crippen molar-refractivity contribution in [3.05, 3.63) is 24.6 Å². The van der Waals surface area contributed by atoms with Crippen molar-refractivity contribution in [2.45, 2.75) is 65.7 Å². The van der Waals surface area contributed by atoms with Crippen molar-refractivity contribution in [2.75, 3.05) is 6.54 Å². The Labute approximate surface area is 204 Å². The summed E-state index contributed by atoms with van der Waals surface area (Å²) in [7, 11) is 0. The Morgan fingerprint density at radius 1 is 1.18 bits per heavy atom. The quantitative estimate of drug-likeness (QED) is 0.520. The molecule has 5 fully saturated rings. The first kappa shape index (κ1) is 22.5. The lowest BCUT2D eigenvalue weighted by molar-refractivity contribution is -0.133. The van der Waals surface area contributed by atoms with Gasteiger partial charge in [-0.15, -0.1) is 0 Å². The van der Waals surface area contributed by atoms with Crippen LogP contribution < -0.4 is 5.32 Å². The molecule has 5 nitrogen and oxygen atoms in total. The van der Waals surface area contributed by atoms with E-state index < -0.39 is 0 Å². The van der Waals surface area contributed by atoms with E-state index >= 15 is 0 Å². The molecular formula is C29H41N3O2. The van der Waals surface area contributed by atoms with Crippen LogP contribution in [0.1, 0.15) is 71.6 Å². The number of nitrogens with one attached hydrogen (secondary N) is 2. The number of carbonyl (C=O) groups is 1. The average Bonchev–Trinajstić information content (AvgIpc) is 3.19. The lowest BCUT2D eigenvalue weighted by Gasteiger charge is -2.57. The number of nitrogens with zero attached hydrogens (tertiary/aromatic N) is 1. The Morgan fingerprint density at radius 3 is 2.76 bits per heavy atom. The zero-order valence-electron chi connectivity index (χ0n) is 21.0. The van der Waals surface area contributed by atoms with E-state index in [1.807, 2.05) is 0 Å². The fraction of sp³-hybridized carbons (Fsp3) is 0.759. The number of aromatic nitrogens is 1. The summed E-state index contributed by atoms with van der Waals surface area (Å²) in [5.41, 5.74) is 0.734. The standard InChI is InChI=1S/C29H41N3O2/c1-16-4-6-20-18(12-16)5-7-22-21(20)8-9-29(3)26(22)24-17(2)25(24)27(29)23(33)15-31-14-19(13-30)28-32-10-11-34-28/h10-11,13-14,16-18,20-22,24-27,30-31H,4-9,12,15H2,1-3H3/b19-14+,30-13?. The lowest BCUT2D eigenvalue weighted by Crippen LogP contribution is -2.51. The first-order valence-electron chi connectivity index (χ1n) is 13.8. The minimum Gasteiger partial charge on any atom is -0.444 e. The van der Waals surface area contributed by atoms with Gasteiger partial charge < -0.3 is 15.1 Å². The predicted molar refractivity (Wildman–Crippen MR) is 133 cm³/mol. The first-order chi connectivity index (χ1) is 16.4. The molecule has 0 saturated heterocycles. The third-order valence-corrected chi connectivity index (χ3v) is 11.3. The van der Waals surface area contributed by atoms with E-state index in [1.54, 1.807) is 12.4 Å². The SMILES string of the molecule is CC1CCC2C(CCC3C2CCC2(C)C(C(=O)CN/C=C(\C=N)c4ncco4)C4C(C)C4C32)C1. The summed E-state index contributed by atoms with van der Waals surface area (Å²) in [6.07, 6.45) is 15.8. The molecule has 0 aromatic carbocycles. The van der Waals surface area contributed by atoms with Gasteiger partial charge in [-0.2, -0.15) is 0 Å². The Bertz CT molecular complexity index is 970. The fourth-order valence-electron chi connectivity index (χ4n) is 9.99. The molecular weight excluding hydrogens is 422 g/mol. The maximum absolute atomic E-state index is 13.7. The minimum atomic E-state index is 0.174. The van der Waals surface area contributed by atoms with Crippen LogP contribution in [-0.4, -0.2) is 23.5 Å². The molecule has 34 heavy (non-hydrogen) atoms. The van der Waals surface area contributed by atoms with Crippen LogP contribution in [0.3, 0.4) is 0 Å². The number of rotatable bonds is 6. The first-order valence-corrected chi connectivity index (χ1v) is 13.8. The van der Waals surface area contributed by atoms with Crippen molar-refractivity contribution in [1.82, 2.24) is 10.3 Å². The molecule has 184 valence electrons. The lowest BCUT2D eigenvalue weighted by atomic mass is 9.47.